The Morgan fingerprint density at radius 3 is 2.50 bits per heavy atom. The molecule has 156 valence electrons. The number of rotatable bonds is 8. The second kappa shape index (κ2) is 9.74. The SMILES string of the molecule is COC(=O)c1ccc(NC(=O)CSc2nnnn2-c2ccc(OC)cc2OC)cc1. The number of carbonyl (C=O) groups is 2. The van der Waals surface area contributed by atoms with E-state index in [2.05, 4.69) is 25.6 Å². The first-order valence-electron chi connectivity index (χ1n) is 8.67. The Labute approximate surface area is 176 Å². The molecule has 10 nitrogen and oxygen atoms in total. The van der Waals surface area contributed by atoms with Gasteiger partial charge in [0.2, 0.25) is 11.1 Å². The van der Waals surface area contributed by atoms with Crippen LogP contribution in [0.2, 0.25) is 0 Å². The summed E-state index contributed by atoms with van der Waals surface area (Å²) in [5.74, 6) is 0.554. The molecule has 0 saturated carbocycles. The predicted molar refractivity (Wildman–Crippen MR) is 109 cm³/mol. The fraction of sp³-hybridized carbons (Fsp3) is 0.211. The fourth-order valence-corrected chi connectivity index (χ4v) is 3.20. The van der Waals surface area contributed by atoms with Crippen LogP contribution in [-0.4, -0.2) is 59.2 Å². The van der Waals surface area contributed by atoms with Crippen LogP contribution in [0.15, 0.2) is 47.6 Å². The van der Waals surface area contributed by atoms with E-state index in [1.807, 2.05) is 0 Å². The van der Waals surface area contributed by atoms with Crippen LogP contribution < -0.4 is 14.8 Å². The quantitative estimate of drug-likeness (QED) is 0.425. The highest BCUT2D eigenvalue weighted by Gasteiger charge is 2.16. The molecule has 0 aliphatic rings. The zero-order valence-corrected chi connectivity index (χ0v) is 17.3. The van der Waals surface area contributed by atoms with Crippen molar-refractivity contribution in [1.29, 1.82) is 0 Å². The molecule has 0 fully saturated rings. The Hall–Kier alpha value is -3.60. The highest BCUT2D eigenvalue weighted by Crippen LogP contribution is 2.29. The van der Waals surface area contributed by atoms with Gasteiger partial charge in [-0.25, -0.2) is 4.79 Å². The minimum atomic E-state index is -0.441. The summed E-state index contributed by atoms with van der Waals surface area (Å²) >= 11 is 1.17. The minimum Gasteiger partial charge on any atom is -0.497 e. The summed E-state index contributed by atoms with van der Waals surface area (Å²) in [6.45, 7) is 0. The van der Waals surface area contributed by atoms with Crippen molar-refractivity contribution in [2.24, 2.45) is 0 Å². The Balaban J connectivity index is 1.66. The number of methoxy groups -OCH3 is 3. The molecule has 30 heavy (non-hydrogen) atoms. The maximum atomic E-state index is 12.3. The molecule has 11 heteroatoms. The highest BCUT2D eigenvalue weighted by molar-refractivity contribution is 7.99. The number of hydrogen-bond acceptors (Lipinski definition) is 9. The van der Waals surface area contributed by atoms with E-state index in [1.165, 1.54) is 30.7 Å². The number of nitrogens with one attached hydrogen (secondary N) is 1. The number of ether oxygens (including phenoxy) is 3. The number of tetrazole rings is 1. The first-order chi connectivity index (χ1) is 14.5. The highest BCUT2D eigenvalue weighted by atomic mass is 32.2. The van der Waals surface area contributed by atoms with E-state index in [4.69, 9.17) is 9.47 Å². The van der Waals surface area contributed by atoms with E-state index in [0.29, 0.717) is 33.6 Å². The molecule has 1 amide bonds. The second-order valence-electron chi connectivity index (χ2n) is 5.82. The van der Waals surface area contributed by atoms with Crippen molar-refractivity contribution < 1.29 is 23.8 Å². The van der Waals surface area contributed by atoms with Gasteiger partial charge in [-0.15, -0.1) is 5.10 Å². The number of carbonyl (C=O) groups excluding carboxylic acids is 2. The van der Waals surface area contributed by atoms with Gasteiger partial charge in [-0.2, -0.15) is 4.68 Å². The first-order valence-corrected chi connectivity index (χ1v) is 9.66. The zero-order chi connectivity index (χ0) is 21.5. The predicted octanol–water partition coefficient (Wildman–Crippen LogP) is 2.20. The van der Waals surface area contributed by atoms with Crippen LogP contribution in [0.1, 0.15) is 10.4 Å². The van der Waals surface area contributed by atoms with E-state index >= 15 is 0 Å². The number of esters is 1. The molecule has 0 bridgehead atoms. The second-order valence-corrected chi connectivity index (χ2v) is 6.76. The van der Waals surface area contributed by atoms with Gasteiger partial charge in [0.05, 0.1) is 32.6 Å². The summed E-state index contributed by atoms with van der Waals surface area (Å²) < 4.78 is 16.7. The van der Waals surface area contributed by atoms with E-state index in [0.717, 1.165) is 0 Å². The maximum absolute atomic E-state index is 12.3. The van der Waals surface area contributed by atoms with E-state index in [-0.39, 0.29) is 11.7 Å². The summed E-state index contributed by atoms with van der Waals surface area (Å²) in [7, 11) is 4.41. The van der Waals surface area contributed by atoms with Crippen LogP contribution in [-0.2, 0) is 9.53 Å². The molecular weight excluding hydrogens is 410 g/mol. The Morgan fingerprint density at radius 2 is 1.83 bits per heavy atom. The van der Waals surface area contributed by atoms with Crippen molar-refractivity contribution >= 4 is 29.3 Å². The van der Waals surface area contributed by atoms with Crippen molar-refractivity contribution in [1.82, 2.24) is 20.2 Å². The van der Waals surface area contributed by atoms with Gasteiger partial charge in [0.1, 0.15) is 17.2 Å². The summed E-state index contributed by atoms with van der Waals surface area (Å²) in [5.41, 5.74) is 1.58. The molecule has 0 aliphatic carbocycles. The van der Waals surface area contributed by atoms with Gasteiger partial charge in [0.15, 0.2) is 0 Å². The minimum absolute atomic E-state index is 0.0809. The molecule has 0 unspecified atom stereocenters. The van der Waals surface area contributed by atoms with Crippen LogP contribution in [0.4, 0.5) is 5.69 Å². The third kappa shape index (κ3) is 4.87. The van der Waals surface area contributed by atoms with Gasteiger partial charge < -0.3 is 19.5 Å². The standard InChI is InChI=1S/C19H19N5O5S/c1-27-14-8-9-15(16(10-14)28-2)24-19(21-22-23-24)30-11-17(25)20-13-6-4-12(5-7-13)18(26)29-3/h4-10H,11H2,1-3H3,(H,20,25). The summed E-state index contributed by atoms with van der Waals surface area (Å²) in [5, 5.41) is 14.8. The van der Waals surface area contributed by atoms with Crippen LogP contribution in [0.3, 0.4) is 0 Å². The lowest BCUT2D eigenvalue weighted by atomic mass is 10.2. The zero-order valence-electron chi connectivity index (χ0n) is 16.5. The van der Waals surface area contributed by atoms with Crippen molar-refractivity contribution in [3.8, 4) is 17.2 Å². The number of amides is 1. The number of anilines is 1. The fourth-order valence-electron chi connectivity index (χ4n) is 2.51. The van der Waals surface area contributed by atoms with E-state index in [9.17, 15) is 9.59 Å². The topological polar surface area (TPSA) is 117 Å². The normalized spacial score (nSPS) is 10.4. The van der Waals surface area contributed by atoms with E-state index < -0.39 is 5.97 Å². The van der Waals surface area contributed by atoms with Crippen LogP contribution in [0, 0.1) is 0 Å². The Bertz CT molecular complexity index is 1040. The smallest absolute Gasteiger partial charge is 0.337 e. The number of hydrogen-bond donors (Lipinski definition) is 1. The largest absolute Gasteiger partial charge is 0.497 e. The molecule has 0 atom stereocenters. The lowest BCUT2D eigenvalue weighted by molar-refractivity contribution is -0.113. The summed E-state index contributed by atoms with van der Waals surface area (Å²) in [4.78, 5) is 23.8. The molecular formula is C19H19N5O5S. The van der Waals surface area contributed by atoms with Crippen LogP contribution in [0.25, 0.3) is 5.69 Å². The molecule has 3 rings (SSSR count). The van der Waals surface area contributed by atoms with Crippen molar-refractivity contribution in [3.05, 3.63) is 48.0 Å². The van der Waals surface area contributed by atoms with Crippen molar-refractivity contribution in [2.45, 2.75) is 5.16 Å². The number of thioether (sulfide) groups is 1. The molecule has 1 N–H and O–H groups in total. The average molecular weight is 429 g/mol. The number of nitrogens with zero attached hydrogens (tertiary/aromatic N) is 4. The lowest BCUT2D eigenvalue weighted by Gasteiger charge is -2.11. The number of benzene rings is 2. The van der Waals surface area contributed by atoms with Gasteiger partial charge in [0, 0.05) is 11.8 Å². The van der Waals surface area contributed by atoms with Gasteiger partial charge in [-0.05, 0) is 46.8 Å². The lowest BCUT2D eigenvalue weighted by Crippen LogP contribution is -2.15. The molecule has 0 radical (unpaired) electrons. The molecule has 0 saturated heterocycles. The monoisotopic (exact) mass is 429 g/mol. The Kier molecular flexibility index (Phi) is 6.86. The van der Waals surface area contributed by atoms with Crippen molar-refractivity contribution in [2.75, 3.05) is 32.4 Å². The molecule has 2 aromatic carbocycles. The van der Waals surface area contributed by atoms with Gasteiger partial charge in [0.25, 0.3) is 0 Å². The number of aromatic nitrogens is 4. The van der Waals surface area contributed by atoms with Crippen LogP contribution >= 0.6 is 11.8 Å². The van der Waals surface area contributed by atoms with Gasteiger partial charge in [-0.3, -0.25) is 4.79 Å². The van der Waals surface area contributed by atoms with Gasteiger partial charge >= 0.3 is 5.97 Å². The van der Waals surface area contributed by atoms with E-state index in [1.54, 1.807) is 49.6 Å². The van der Waals surface area contributed by atoms with Crippen molar-refractivity contribution in [3.63, 3.8) is 0 Å². The molecule has 3 aromatic rings. The molecule has 0 aliphatic heterocycles. The molecule has 1 aromatic heterocycles. The molecule has 1 heterocycles. The van der Waals surface area contributed by atoms with Crippen LogP contribution in [0.5, 0.6) is 11.5 Å². The summed E-state index contributed by atoms with van der Waals surface area (Å²) in [6, 6.07) is 11.6. The first kappa shape index (κ1) is 21.1. The maximum Gasteiger partial charge on any atom is 0.337 e. The van der Waals surface area contributed by atoms with Gasteiger partial charge in [-0.1, -0.05) is 11.8 Å². The summed E-state index contributed by atoms with van der Waals surface area (Å²) in [6.07, 6.45) is 0. The third-order valence-corrected chi connectivity index (χ3v) is 4.90. The molecule has 0 spiro atoms. The Morgan fingerprint density at radius 1 is 1.07 bits per heavy atom. The third-order valence-electron chi connectivity index (χ3n) is 3.98. The average Bonchev–Trinajstić information content (AvgIpc) is 3.25.